The maximum Gasteiger partial charge on any atom is 0.488 e. The summed E-state index contributed by atoms with van der Waals surface area (Å²) in [4.78, 5) is 4.49. The fourth-order valence-corrected chi connectivity index (χ4v) is 2.97. The molecule has 0 amide bonds. The molecule has 0 aliphatic carbocycles. The molecular formula is C17H16BN3O2S. The van der Waals surface area contributed by atoms with E-state index in [0.717, 1.165) is 22.4 Å². The summed E-state index contributed by atoms with van der Waals surface area (Å²) in [7, 11) is -1.46. The number of aryl methyl sites for hydroxylation is 1. The Labute approximate surface area is 144 Å². The Kier molecular flexibility index (Phi) is 5.05. The lowest BCUT2D eigenvalue weighted by molar-refractivity contribution is 0.425. The fourth-order valence-electron chi connectivity index (χ4n) is 2.30. The van der Waals surface area contributed by atoms with Gasteiger partial charge in [0.25, 0.3) is 0 Å². The Bertz CT molecular complexity index is 850. The van der Waals surface area contributed by atoms with Crippen molar-refractivity contribution in [3.8, 4) is 11.3 Å². The van der Waals surface area contributed by atoms with Crippen LogP contribution < -0.4 is 10.9 Å². The fraction of sp³-hybridized carbons (Fsp3) is 0.0588. The Morgan fingerprint density at radius 2 is 1.96 bits per heavy atom. The van der Waals surface area contributed by atoms with E-state index in [0.29, 0.717) is 10.6 Å². The molecule has 1 aromatic heterocycles. The van der Waals surface area contributed by atoms with E-state index in [1.165, 1.54) is 11.3 Å². The van der Waals surface area contributed by atoms with Crippen LogP contribution in [0, 0.1) is 6.92 Å². The minimum absolute atomic E-state index is 0.493. The summed E-state index contributed by atoms with van der Waals surface area (Å²) >= 11 is 1.49. The first-order valence-corrected chi connectivity index (χ1v) is 8.28. The first-order valence-electron chi connectivity index (χ1n) is 7.40. The number of thiazole rings is 1. The lowest BCUT2D eigenvalue weighted by atomic mass is 9.77. The molecule has 0 saturated heterocycles. The van der Waals surface area contributed by atoms with Gasteiger partial charge in [0.15, 0.2) is 0 Å². The summed E-state index contributed by atoms with van der Waals surface area (Å²) in [5.74, 6) is 0. The summed E-state index contributed by atoms with van der Waals surface area (Å²) in [5, 5.41) is 25.3. The van der Waals surface area contributed by atoms with Gasteiger partial charge in [-0.3, -0.25) is 5.43 Å². The van der Waals surface area contributed by atoms with Crippen LogP contribution in [0.4, 0.5) is 5.13 Å². The lowest BCUT2D eigenvalue weighted by Gasteiger charge is -2.04. The normalized spacial score (nSPS) is 11.0. The third kappa shape index (κ3) is 3.89. The van der Waals surface area contributed by atoms with Gasteiger partial charge < -0.3 is 10.0 Å². The first kappa shape index (κ1) is 16.4. The largest absolute Gasteiger partial charge is 0.488 e. The molecule has 0 aliphatic rings. The SMILES string of the molecule is Cc1cc(C=NNc2nc(-c3ccccc3)cs2)ccc1B(O)O. The molecule has 7 heteroatoms. The van der Waals surface area contributed by atoms with Crippen LogP contribution in [0.15, 0.2) is 59.0 Å². The van der Waals surface area contributed by atoms with Crippen LogP contribution >= 0.6 is 11.3 Å². The Morgan fingerprint density at radius 3 is 2.67 bits per heavy atom. The van der Waals surface area contributed by atoms with Gasteiger partial charge in [-0.25, -0.2) is 4.98 Å². The van der Waals surface area contributed by atoms with Crippen LogP contribution in [-0.4, -0.2) is 28.4 Å². The number of hydrogen-bond donors (Lipinski definition) is 3. The van der Waals surface area contributed by atoms with Gasteiger partial charge in [0.05, 0.1) is 11.9 Å². The quantitative estimate of drug-likeness (QED) is 0.379. The number of aromatic nitrogens is 1. The van der Waals surface area contributed by atoms with Crippen LogP contribution in [0.25, 0.3) is 11.3 Å². The second kappa shape index (κ2) is 7.40. The van der Waals surface area contributed by atoms with E-state index in [4.69, 9.17) is 0 Å². The van der Waals surface area contributed by atoms with Gasteiger partial charge in [0, 0.05) is 10.9 Å². The van der Waals surface area contributed by atoms with Gasteiger partial charge in [-0.15, -0.1) is 11.3 Å². The summed E-state index contributed by atoms with van der Waals surface area (Å²) in [6.07, 6.45) is 1.67. The highest BCUT2D eigenvalue weighted by Crippen LogP contribution is 2.24. The maximum absolute atomic E-state index is 9.22. The van der Waals surface area contributed by atoms with Gasteiger partial charge in [-0.05, 0) is 17.9 Å². The Balaban J connectivity index is 1.67. The predicted octanol–water partition coefficient (Wildman–Crippen LogP) is 2.24. The summed E-state index contributed by atoms with van der Waals surface area (Å²) in [6.45, 7) is 1.83. The van der Waals surface area contributed by atoms with Crippen LogP contribution in [0.5, 0.6) is 0 Å². The van der Waals surface area contributed by atoms with Gasteiger partial charge in [0.2, 0.25) is 5.13 Å². The van der Waals surface area contributed by atoms with E-state index in [2.05, 4.69) is 15.5 Å². The summed E-state index contributed by atoms with van der Waals surface area (Å²) in [5.41, 5.74) is 7.06. The third-order valence-corrected chi connectivity index (χ3v) is 4.27. The number of rotatable bonds is 5. The van der Waals surface area contributed by atoms with E-state index in [-0.39, 0.29) is 0 Å². The van der Waals surface area contributed by atoms with E-state index >= 15 is 0 Å². The number of anilines is 1. The number of hydrogen-bond acceptors (Lipinski definition) is 6. The van der Waals surface area contributed by atoms with Crippen LogP contribution in [-0.2, 0) is 0 Å². The summed E-state index contributed by atoms with van der Waals surface area (Å²) in [6, 6.07) is 15.3. The van der Waals surface area contributed by atoms with Crippen LogP contribution in [0.1, 0.15) is 11.1 Å². The van der Waals surface area contributed by atoms with Crippen molar-refractivity contribution in [2.24, 2.45) is 5.10 Å². The van der Waals surface area contributed by atoms with E-state index < -0.39 is 7.12 Å². The zero-order valence-electron chi connectivity index (χ0n) is 13.0. The van der Waals surface area contributed by atoms with Crippen molar-refractivity contribution in [3.63, 3.8) is 0 Å². The highest BCUT2D eigenvalue weighted by Gasteiger charge is 2.13. The molecule has 0 atom stereocenters. The topological polar surface area (TPSA) is 77.7 Å². The van der Waals surface area contributed by atoms with Gasteiger partial charge in [-0.2, -0.15) is 5.10 Å². The maximum atomic E-state index is 9.22. The first-order chi connectivity index (χ1) is 11.6. The zero-order valence-corrected chi connectivity index (χ0v) is 13.9. The van der Waals surface area contributed by atoms with E-state index in [1.54, 1.807) is 18.3 Å². The molecule has 0 aliphatic heterocycles. The van der Waals surface area contributed by atoms with Crippen molar-refractivity contribution >= 4 is 35.3 Å². The molecule has 5 nitrogen and oxygen atoms in total. The second-order valence-corrected chi connectivity index (χ2v) is 6.12. The molecule has 1 heterocycles. The standard InChI is InChI=1S/C17H16BN3O2S/c1-12-9-13(7-8-15(12)18(22)23)10-19-21-17-20-16(11-24-17)14-5-3-2-4-6-14/h2-11,22-23H,1H3,(H,20,21). The van der Waals surface area contributed by atoms with Gasteiger partial charge in [-0.1, -0.05) is 54.1 Å². The average Bonchev–Trinajstić information content (AvgIpc) is 3.04. The molecule has 3 rings (SSSR count). The van der Waals surface area contributed by atoms with E-state index in [9.17, 15) is 10.0 Å². The molecule has 0 saturated carbocycles. The summed E-state index contributed by atoms with van der Waals surface area (Å²) < 4.78 is 0. The molecule has 0 unspecified atom stereocenters. The average molecular weight is 337 g/mol. The smallest absolute Gasteiger partial charge is 0.423 e. The van der Waals surface area contributed by atoms with Crippen LogP contribution in [0.2, 0.25) is 0 Å². The molecule has 24 heavy (non-hydrogen) atoms. The van der Waals surface area contributed by atoms with Crippen molar-refractivity contribution < 1.29 is 10.0 Å². The molecule has 0 fully saturated rings. The number of nitrogens with one attached hydrogen (secondary N) is 1. The highest BCUT2D eigenvalue weighted by molar-refractivity contribution is 7.14. The van der Waals surface area contributed by atoms with E-state index in [1.807, 2.05) is 48.7 Å². The Morgan fingerprint density at radius 1 is 1.17 bits per heavy atom. The zero-order chi connectivity index (χ0) is 16.9. The molecule has 3 N–H and O–H groups in total. The minimum atomic E-state index is -1.46. The van der Waals surface area contributed by atoms with Crippen LogP contribution in [0.3, 0.4) is 0 Å². The van der Waals surface area contributed by atoms with Crippen molar-refractivity contribution in [2.45, 2.75) is 6.92 Å². The monoisotopic (exact) mass is 337 g/mol. The highest BCUT2D eigenvalue weighted by atomic mass is 32.1. The molecule has 120 valence electrons. The van der Waals surface area contributed by atoms with Crippen molar-refractivity contribution in [3.05, 3.63) is 65.0 Å². The second-order valence-electron chi connectivity index (χ2n) is 5.26. The minimum Gasteiger partial charge on any atom is -0.423 e. The molecule has 2 aromatic carbocycles. The third-order valence-electron chi connectivity index (χ3n) is 3.52. The molecular weight excluding hydrogens is 321 g/mol. The molecule has 0 bridgehead atoms. The van der Waals surface area contributed by atoms with Crippen molar-refractivity contribution in [1.82, 2.24) is 4.98 Å². The van der Waals surface area contributed by atoms with Gasteiger partial charge >= 0.3 is 7.12 Å². The number of hydrazone groups is 1. The van der Waals surface area contributed by atoms with Gasteiger partial charge in [0.1, 0.15) is 0 Å². The number of nitrogens with zero attached hydrogens (tertiary/aromatic N) is 2. The predicted molar refractivity (Wildman–Crippen MR) is 99.8 cm³/mol. The lowest BCUT2D eigenvalue weighted by Crippen LogP contribution is -2.32. The molecule has 0 radical (unpaired) electrons. The molecule has 3 aromatic rings. The number of benzene rings is 2. The van der Waals surface area contributed by atoms with Crippen molar-refractivity contribution in [2.75, 3.05) is 5.43 Å². The Hall–Kier alpha value is -2.48. The molecule has 0 spiro atoms. The van der Waals surface area contributed by atoms with Crippen molar-refractivity contribution in [1.29, 1.82) is 0 Å².